The van der Waals surface area contributed by atoms with E-state index in [0.717, 1.165) is 33.0 Å². The molecule has 0 saturated carbocycles. The van der Waals surface area contributed by atoms with Crippen LogP contribution in [0.25, 0.3) is 0 Å². The fraction of sp³-hybridized carbons (Fsp3) is 0.312. The van der Waals surface area contributed by atoms with E-state index < -0.39 is 0 Å². The van der Waals surface area contributed by atoms with E-state index in [0.29, 0.717) is 13.2 Å². The van der Waals surface area contributed by atoms with Crippen LogP contribution in [0.1, 0.15) is 18.2 Å². The summed E-state index contributed by atoms with van der Waals surface area (Å²) in [6.07, 6.45) is 0. The lowest BCUT2D eigenvalue weighted by Gasteiger charge is -2.15. The quantitative estimate of drug-likeness (QED) is 0.794. The van der Waals surface area contributed by atoms with Gasteiger partial charge in [-0.05, 0) is 48.0 Å². The maximum absolute atomic E-state index is 5.59. The van der Waals surface area contributed by atoms with Gasteiger partial charge in [-0.2, -0.15) is 0 Å². The summed E-state index contributed by atoms with van der Waals surface area (Å²) in [6.45, 7) is 5.19. The summed E-state index contributed by atoms with van der Waals surface area (Å²) in [7, 11) is 1.66. The highest BCUT2D eigenvalue weighted by atomic mass is 79.9. The Bertz CT molecular complexity index is 617. The molecule has 0 unspecified atom stereocenters. The second-order valence-electron chi connectivity index (χ2n) is 4.50. The molecule has 2 aromatic rings. The molecule has 0 aliphatic carbocycles. The van der Waals surface area contributed by atoms with E-state index in [9.17, 15) is 0 Å². The van der Waals surface area contributed by atoms with E-state index in [1.54, 1.807) is 7.11 Å². The first-order valence-corrected chi connectivity index (χ1v) is 7.60. The number of pyridine rings is 1. The number of halogens is 1. The average molecular weight is 351 g/mol. The SMILES string of the molecule is CCOc1cccc(CNc2ccc(Br)nc2C)c1OC. The Labute approximate surface area is 133 Å². The Kier molecular flexibility index (Phi) is 5.44. The van der Waals surface area contributed by atoms with Crippen molar-refractivity contribution in [2.24, 2.45) is 0 Å². The van der Waals surface area contributed by atoms with Crippen LogP contribution in [0, 0.1) is 6.92 Å². The van der Waals surface area contributed by atoms with Crippen molar-refractivity contribution in [3.63, 3.8) is 0 Å². The molecular formula is C16H19BrN2O2. The van der Waals surface area contributed by atoms with Crippen molar-refractivity contribution in [3.05, 3.63) is 46.2 Å². The second-order valence-corrected chi connectivity index (χ2v) is 5.31. The lowest BCUT2D eigenvalue weighted by atomic mass is 10.1. The van der Waals surface area contributed by atoms with Gasteiger partial charge in [-0.3, -0.25) is 0 Å². The van der Waals surface area contributed by atoms with Crippen molar-refractivity contribution in [2.75, 3.05) is 19.0 Å². The van der Waals surface area contributed by atoms with Gasteiger partial charge in [-0.25, -0.2) is 4.98 Å². The third kappa shape index (κ3) is 3.88. The molecular weight excluding hydrogens is 332 g/mol. The Balaban J connectivity index is 2.17. The molecule has 0 atom stereocenters. The molecule has 0 radical (unpaired) electrons. The number of hydrogen-bond donors (Lipinski definition) is 1. The minimum absolute atomic E-state index is 0.614. The molecule has 1 aromatic carbocycles. The first kappa shape index (κ1) is 15.6. The summed E-state index contributed by atoms with van der Waals surface area (Å²) in [5, 5.41) is 3.38. The van der Waals surface area contributed by atoms with Crippen LogP contribution in [-0.2, 0) is 6.54 Å². The Morgan fingerprint density at radius 3 is 2.71 bits per heavy atom. The number of aryl methyl sites for hydroxylation is 1. The van der Waals surface area contributed by atoms with E-state index in [-0.39, 0.29) is 0 Å². The first-order chi connectivity index (χ1) is 10.2. The minimum atomic E-state index is 0.614. The maximum Gasteiger partial charge on any atom is 0.165 e. The summed E-state index contributed by atoms with van der Waals surface area (Å²) in [6, 6.07) is 9.83. The standard InChI is InChI=1S/C16H19BrN2O2/c1-4-21-14-7-5-6-12(16(14)20-3)10-18-13-8-9-15(17)19-11(13)2/h5-9,18H,4,10H2,1-3H3. The summed E-state index contributed by atoms with van der Waals surface area (Å²) in [4.78, 5) is 4.37. The van der Waals surface area contributed by atoms with Gasteiger partial charge >= 0.3 is 0 Å². The second kappa shape index (κ2) is 7.31. The molecule has 0 aliphatic rings. The topological polar surface area (TPSA) is 43.4 Å². The van der Waals surface area contributed by atoms with Gasteiger partial charge in [0, 0.05) is 12.1 Å². The van der Waals surface area contributed by atoms with Gasteiger partial charge < -0.3 is 14.8 Å². The van der Waals surface area contributed by atoms with Crippen molar-refractivity contribution in [3.8, 4) is 11.5 Å². The van der Waals surface area contributed by atoms with Crippen LogP contribution in [0.2, 0.25) is 0 Å². The lowest BCUT2D eigenvalue weighted by Crippen LogP contribution is -2.05. The maximum atomic E-state index is 5.59. The number of nitrogens with zero attached hydrogens (tertiary/aromatic N) is 1. The summed E-state index contributed by atoms with van der Waals surface area (Å²) < 4.78 is 11.9. The molecule has 0 aliphatic heterocycles. The predicted molar refractivity (Wildman–Crippen MR) is 88.2 cm³/mol. The highest BCUT2D eigenvalue weighted by molar-refractivity contribution is 9.10. The predicted octanol–water partition coefficient (Wildman–Crippen LogP) is 4.17. The monoisotopic (exact) mass is 350 g/mol. The molecule has 2 rings (SSSR count). The smallest absolute Gasteiger partial charge is 0.165 e. The van der Waals surface area contributed by atoms with Gasteiger partial charge in [0.15, 0.2) is 11.5 Å². The van der Waals surface area contributed by atoms with E-state index in [2.05, 4.69) is 26.2 Å². The largest absolute Gasteiger partial charge is 0.493 e. The molecule has 21 heavy (non-hydrogen) atoms. The van der Waals surface area contributed by atoms with Crippen LogP contribution in [0.15, 0.2) is 34.9 Å². The first-order valence-electron chi connectivity index (χ1n) is 6.81. The highest BCUT2D eigenvalue weighted by Crippen LogP contribution is 2.31. The van der Waals surface area contributed by atoms with E-state index >= 15 is 0 Å². The molecule has 1 N–H and O–H groups in total. The molecule has 4 nitrogen and oxygen atoms in total. The number of rotatable bonds is 6. The fourth-order valence-corrected chi connectivity index (χ4v) is 2.51. The van der Waals surface area contributed by atoms with Crippen molar-refractivity contribution in [2.45, 2.75) is 20.4 Å². The highest BCUT2D eigenvalue weighted by Gasteiger charge is 2.10. The van der Waals surface area contributed by atoms with Crippen molar-refractivity contribution >= 4 is 21.6 Å². The average Bonchev–Trinajstić information content (AvgIpc) is 2.47. The number of para-hydroxylation sites is 1. The number of methoxy groups -OCH3 is 1. The Morgan fingerprint density at radius 2 is 2.05 bits per heavy atom. The number of anilines is 1. The Hall–Kier alpha value is -1.75. The van der Waals surface area contributed by atoms with Crippen LogP contribution in [0.4, 0.5) is 5.69 Å². The van der Waals surface area contributed by atoms with Crippen LogP contribution >= 0.6 is 15.9 Å². The normalized spacial score (nSPS) is 10.3. The van der Waals surface area contributed by atoms with Gasteiger partial charge in [-0.15, -0.1) is 0 Å². The molecule has 0 amide bonds. The molecule has 0 saturated heterocycles. The molecule has 1 heterocycles. The van der Waals surface area contributed by atoms with Crippen molar-refractivity contribution in [1.29, 1.82) is 0 Å². The molecule has 0 spiro atoms. The molecule has 0 fully saturated rings. The van der Waals surface area contributed by atoms with Gasteiger partial charge in [0.25, 0.3) is 0 Å². The minimum Gasteiger partial charge on any atom is -0.493 e. The summed E-state index contributed by atoms with van der Waals surface area (Å²) in [5.74, 6) is 1.54. The number of hydrogen-bond acceptors (Lipinski definition) is 4. The molecule has 0 bridgehead atoms. The van der Waals surface area contributed by atoms with E-state index in [4.69, 9.17) is 9.47 Å². The summed E-state index contributed by atoms with van der Waals surface area (Å²) in [5.41, 5.74) is 3.00. The van der Waals surface area contributed by atoms with Crippen LogP contribution < -0.4 is 14.8 Å². The Morgan fingerprint density at radius 1 is 1.24 bits per heavy atom. The van der Waals surface area contributed by atoms with E-state index in [1.165, 1.54) is 0 Å². The van der Waals surface area contributed by atoms with Crippen LogP contribution in [-0.4, -0.2) is 18.7 Å². The van der Waals surface area contributed by atoms with E-state index in [1.807, 2.05) is 44.2 Å². The van der Waals surface area contributed by atoms with Crippen molar-refractivity contribution < 1.29 is 9.47 Å². The van der Waals surface area contributed by atoms with Gasteiger partial charge in [-0.1, -0.05) is 12.1 Å². The third-order valence-corrected chi connectivity index (χ3v) is 3.53. The number of benzene rings is 1. The van der Waals surface area contributed by atoms with Crippen LogP contribution in [0.3, 0.4) is 0 Å². The lowest BCUT2D eigenvalue weighted by molar-refractivity contribution is 0.309. The third-order valence-electron chi connectivity index (χ3n) is 3.09. The zero-order valence-corrected chi connectivity index (χ0v) is 14.0. The zero-order valence-electron chi connectivity index (χ0n) is 12.4. The van der Waals surface area contributed by atoms with Crippen LogP contribution in [0.5, 0.6) is 11.5 Å². The molecule has 112 valence electrons. The summed E-state index contributed by atoms with van der Waals surface area (Å²) >= 11 is 3.37. The van der Waals surface area contributed by atoms with Gasteiger partial charge in [0.05, 0.1) is 25.1 Å². The van der Waals surface area contributed by atoms with Gasteiger partial charge in [0.1, 0.15) is 4.60 Å². The zero-order chi connectivity index (χ0) is 15.2. The fourth-order valence-electron chi connectivity index (χ4n) is 2.11. The molecule has 1 aromatic heterocycles. The number of aromatic nitrogens is 1. The number of ether oxygens (including phenoxy) is 2. The van der Waals surface area contributed by atoms with Gasteiger partial charge in [0.2, 0.25) is 0 Å². The number of nitrogens with one attached hydrogen (secondary N) is 1. The van der Waals surface area contributed by atoms with Crippen molar-refractivity contribution in [1.82, 2.24) is 4.98 Å². The molecule has 5 heteroatoms.